The molecule has 0 aliphatic rings. The molecule has 0 aliphatic heterocycles. The number of hydrogen-bond acceptors (Lipinski definition) is 1. The first-order valence-corrected chi connectivity index (χ1v) is 5.83. The zero-order valence-corrected chi connectivity index (χ0v) is 11.4. The maximum atomic E-state index is 11.9. The first-order chi connectivity index (χ1) is 6.54. The van der Waals surface area contributed by atoms with Crippen LogP contribution in [0, 0.1) is 16.7 Å². The summed E-state index contributed by atoms with van der Waals surface area (Å²) in [7, 11) is 0. The first-order valence-electron chi connectivity index (χ1n) is 5.83. The molecule has 0 saturated carbocycles. The van der Waals surface area contributed by atoms with Crippen molar-refractivity contribution < 1.29 is 4.79 Å². The Balaban J connectivity index is 4.27. The second-order valence-electron chi connectivity index (χ2n) is 6.73. The van der Waals surface area contributed by atoms with E-state index in [1.807, 2.05) is 13.8 Å². The summed E-state index contributed by atoms with van der Waals surface area (Å²) in [5.41, 5.74) is -0.0776. The molecule has 1 amide bonds. The lowest BCUT2D eigenvalue weighted by atomic mass is 9.75. The Morgan fingerprint density at radius 1 is 1.13 bits per heavy atom. The molecule has 0 atom stereocenters. The van der Waals surface area contributed by atoms with E-state index in [0.29, 0.717) is 5.92 Å². The smallest absolute Gasteiger partial charge is 0.225 e. The van der Waals surface area contributed by atoms with Crippen LogP contribution in [0.1, 0.15) is 54.9 Å². The second kappa shape index (κ2) is 5.00. The summed E-state index contributed by atoms with van der Waals surface area (Å²) < 4.78 is 0. The number of hydrogen-bond donors (Lipinski definition) is 1. The van der Waals surface area contributed by atoms with Crippen molar-refractivity contribution in [1.82, 2.24) is 5.32 Å². The lowest BCUT2D eigenvalue weighted by Crippen LogP contribution is -2.40. The van der Waals surface area contributed by atoms with Crippen LogP contribution in [0.2, 0.25) is 0 Å². The monoisotopic (exact) mass is 213 g/mol. The fraction of sp³-hybridized carbons (Fsp3) is 0.923. The van der Waals surface area contributed by atoms with E-state index in [0.717, 1.165) is 13.0 Å². The topological polar surface area (TPSA) is 29.1 Å². The molecule has 0 spiro atoms. The number of carbonyl (C=O) groups is 1. The van der Waals surface area contributed by atoms with Gasteiger partial charge in [0.15, 0.2) is 0 Å². The molecule has 0 bridgehead atoms. The van der Waals surface area contributed by atoms with E-state index < -0.39 is 0 Å². The number of carbonyl (C=O) groups excluding carboxylic acids is 1. The minimum Gasteiger partial charge on any atom is -0.355 e. The molecule has 0 unspecified atom stereocenters. The summed E-state index contributed by atoms with van der Waals surface area (Å²) >= 11 is 0. The zero-order chi connectivity index (χ0) is 12.3. The molecule has 90 valence electrons. The first kappa shape index (κ1) is 14.5. The predicted molar refractivity (Wildman–Crippen MR) is 65.7 cm³/mol. The minimum atomic E-state index is -0.271. The van der Waals surface area contributed by atoms with E-state index in [-0.39, 0.29) is 16.7 Å². The van der Waals surface area contributed by atoms with Crippen LogP contribution in [0.25, 0.3) is 0 Å². The van der Waals surface area contributed by atoms with E-state index in [4.69, 9.17) is 0 Å². The van der Waals surface area contributed by atoms with Crippen molar-refractivity contribution in [2.75, 3.05) is 6.54 Å². The summed E-state index contributed by atoms with van der Waals surface area (Å²) in [6.07, 6.45) is 0.907. The van der Waals surface area contributed by atoms with Crippen molar-refractivity contribution in [1.29, 1.82) is 0 Å². The Morgan fingerprint density at radius 2 is 1.60 bits per heavy atom. The normalized spacial score (nSPS) is 13.1. The molecule has 0 radical (unpaired) electrons. The quantitative estimate of drug-likeness (QED) is 0.763. The highest BCUT2D eigenvalue weighted by molar-refractivity contribution is 5.81. The maximum absolute atomic E-state index is 11.9. The molecule has 1 N–H and O–H groups in total. The fourth-order valence-corrected chi connectivity index (χ4v) is 1.94. The third-order valence-corrected chi connectivity index (χ3v) is 2.26. The maximum Gasteiger partial charge on any atom is 0.225 e. The van der Waals surface area contributed by atoms with E-state index >= 15 is 0 Å². The summed E-state index contributed by atoms with van der Waals surface area (Å²) in [6.45, 7) is 15.5. The zero-order valence-electron chi connectivity index (χ0n) is 11.4. The Labute approximate surface area is 94.8 Å². The van der Waals surface area contributed by atoms with Crippen LogP contribution in [0.5, 0.6) is 0 Å². The van der Waals surface area contributed by atoms with Crippen LogP contribution >= 0.6 is 0 Å². The van der Waals surface area contributed by atoms with Gasteiger partial charge in [-0.05, 0) is 17.8 Å². The molecule has 2 nitrogen and oxygen atoms in total. The minimum absolute atomic E-state index is 0.172. The van der Waals surface area contributed by atoms with Crippen LogP contribution in [-0.4, -0.2) is 12.5 Å². The van der Waals surface area contributed by atoms with Gasteiger partial charge in [0, 0.05) is 12.0 Å². The molecule has 0 fully saturated rings. The van der Waals surface area contributed by atoms with Gasteiger partial charge in [-0.1, -0.05) is 48.5 Å². The molecule has 0 saturated heterocycles. The fourth-order valence-electron chi connectivity index (χ4n) is 1.94. The van der Waals surface area contributed by atoms with Gasteiger partial charge in [-0.15, -0.1) is 0 Å². The van der Waals surface area contributed by atoms with Crippen molar-refractivity contribution in [3.05, 3.63) is 0 Å². The van der Waals surface area contributed by atoms with Crippen LogP contribution < -0.4 is 5.32 Å². The lowest BCUT2D eigenvalue weighted by molar-refractivity contribution is -0.131. The molecule has 0 aromatic carbocycles. The number of rotatable bonds is 4. The Kier molecular flexibility index (Phi) is 4.82. The van der Waals surface area contributed by atoms with Gasteiger partial charge in [0.1, 0.15) is 0 Å². The molecule has 15 heavy (non-hydrogen) atoms. The van der Waals surface area contributed by atoms with Gasteiger partial charge in [0.05, 0.1) is 0 Å². The van der Waals surface area contributed by atoms with Crippen molar-refractivity contribution >= 4 is 5.91 Å². The van der Waals surface area contributed by atoms with Crippen LogP contribution in [0.4, 0.5) is 0 Å². The molecular formula is C13H27NO. The predicted octanol–water partition coefficient (Wildman–Crippen LogP) is 3.22. The molecule has 0 aliphatic carbocycles. The Hall–Kier alpha value is -0.530. The standard InChI is InChI=1S/C13H27NO/c1-10(2)8-14-11(15)13(6,7)9-12(3,4)5/h10H,8-9H2,1-7H3,(H,14,15). The van der Waals surface area contributed by atoms with Gasteiger partial charge in [0.25, 0.3) is 0 Å². The van der Waals surface area contributed by atoms with E-state index in [9.17, 15) is 4.79 Å². The Morgan fingerprint density at radius 3 is 1.93 bits per heavy atom. The molecule has 0 heterocycles. The third kappa shape index (κ3) is 6.53. The van der Waals surface area contributed by atoms with Gasteiger partial charge >= 0.3 is 0 Å². The van der Waals surface area contributed by atoms with E-state index in [1.54, 1.807) is 0 Å². The lowest BCUT2D eigenvalue weighted by Gasteiger charge is -2.31. The summed E-state index contributed by atoms with van der Waals surface area (Å²) in [4.78, 5) is 11.9. The summed E-state index contributed by atoms with van der Waals surface area (Å²) in [5.74, 6) is 0.686. The second-order valence-corrected chi connectivity index (χ2v) is 6.73. The average molecular weight is 213 g/mol. The van der Waals surface area contributed by atoms with Gasteiger partial charge in [0.2, 0.25) is 5.91 Å². The SMILES string of the molecule is CC(C)CNC(=O)C(C)(C)CC(C)(C)C. The number of amides is 1. The van der Waals surface area contributed by atoms with Gasteiger partial charge in [-0.25, -0.2) is 0 Å². The number of nitrogens with one attached hydrogen (secondary N) is 1. The average Bonchev–Trinajstić information content (AvgIpc) is 1.94. The highest BCUT2D eigenvalue weighted by Gasteiger charge is 2.32. The van der Waals surface area contributed by atoms with E-state index in [2.05, 4.69) is 39.9 Å². The van der Waals surface area contributed by atoms with Crippen molar-refractivity contribution in [2.45, 2.75) is 54.9 Å². The largest absolute Gasteiger partial charge is 0.355 e. The highest BCUT2D eigenvalue weighted by Crippen LogP contribution is 2.33. The molecule has 0 rings (SSSR count). The summed E-state index contributed by atoms with van der Waals surface area (Å²) in [5, 5.41) is 3.01. The third-order valence-electron chi connectivity index (χ3n) is 2.26. The van der Waals surface area contributed by atoms with E-state index in [1.165, 1.54) is 0 Å². The summed E-state index contributed by atoms with van der Waals surface area (Å²) in [6, 6.07) is 0. The van der Waals surface area contributed by atoms with Crippen LogP contribution in [-0.2, 0) is 4.79 Å². The molecule has 0 aromatic rings. The van der Waals surface area contributed by atoms with Crippen LogP contribution in [0.3, 0.4) is 0 Å². The van der Waals surface area contributed by atoms with Gasteiger partial charge in [-0.3, -0.25) is 4.79 Å². The highest BCUT2D eigenvalue weighted by atomic mass is 16.2. The van der Waals surface area contributed by atoms with Crippen molar-refractivity contribution in [3.63, 3.8) is 0 Å². The van der Waals surface area contributed by atoms with Gasteiger partial charge < -0.3 is 5.32 Å². The van der Waals surface area contributed by atoms with Gasteiger partial charge in [-0.2, -0.15) is 0 Å². The molecule has 2 heteroatoms. The molecular weight excluding hydrogens is 186 g/mol. The van der Waals surface area contributed by atoms with Crippen molar-refractivity contribution in [3.8, 4) is 0 Å². The van der Waals surface area contributed by atoms with Crippen LogP contribution in [0.15, 0.2) is 0 Å². The Bertz CT molecular complexity index is 211. The van der Waals surface area contributed by atoms with Crippen molar-refractivity contribution in [2.24, 2.45) is 16.7 Å². The molecule has 0 aromatic heterocycles.